The summed E-state index contributed by atoms with van der Waals surface area (Å²) in [4.78, 5) is 0. The van der Waals surface area contributed by atoms with Gasteiger partial charge < -0.3 is 10.1 Å². The smallest absolute Gasteiger partial charge is 0.0995 e. The van der Waals surface area contributed by atoms with Gasteiger partial charge in [0.25, 0.3) is 0 Å². The zero-order valence-corrected chi connectivity index (χ0v) is 13.8. The van der Waals surface area contributed by atoms with E-state index in [0.717, 1.165) is 18.6 Å². The molecule has 2 nitrogen and oxygen atoms in total. The predicted octanol–water partition coefficient (Wildman–Crippen LogP) is 3.11. The molecule has 20 heavy (non-hydrogen) atoms. The molecule has 3 rings (SSSR count). The summed E-state index contributed by atoms with van der Waals surface area (Å²) in [5.74, 6) is 0.903. The highest BCUT2D eigenvalue weighted by molar-refractivity contribution is 5.11. The maximum Gasteiger partial charge on any atom is 0.0995 e. The van der Waals surface area contributed by atoms with Gasteiger partial charge in [0.15, 0.2) is 0 Å². The predicted molar refractivity (Wildman–Crippen MR) is 82.6 cm³/mol. The van der Waals surface area contributed by atoms with Crippen molar-refractivity contribution in [2.75, 3.05) is 13.2 Å². The van der Waals surface area contributed by atoms with Gasteiger partial charge in [-0.1, -0.05) is 27.2 Å². The van der Waals surface area contributed by atoms with Crippen molar-refractivity contribution in [3.63, 3.8) is 0 Å². The lowest BCUT2D eigenvalue weighted by molar-refractivity contribution is -0.693. The van der Waals surface area contributed by atoms with Gasteiger partial charge in [-0.25, -0.2) is 0 Å². The van der Waals surface area contributed by atoms with E-state index < -0.39 is 0 Å². The van der Waals surface area contributed by atoms with Crippen LogP contribution in [0, 0.1) is 16.7 Å². The molecule has 0 unspecified atom stereocenters. The topological polar surface area (TPSA) is 25.8 Å². The maximum absolute atomic E-state index is 6.34. The van der Waals surface area contributed by atoms with Crippen molar-refractivity contribution in [3.05, 3.63) is 0 Å². The van der Waals surface area contributed by atoms with E-state index in [2.05, 4.69) is 26.1 Å². The molecular weight excluding hydrogens is 246 g/mol. The van der Waals surface area contributed by atoms with Crippen LogP contribution >= 0.6 is 0 Å². The number of hydrogen-bond acceptors (Lipinski definition) is 1. The molecule has 3 atom stereocenters. The Morgan fingerprint density at radius 3 is 2.40 bits per heavy atom. The quantitative estimate of drug-likeness (QED) is 0.769. The van der Waals surface area contributed by atoms with Gasteiger partial charge in [-0.2, -0.15) is 0 Å². The second-order valence-electron chi connectivity index (χ2n) is 8.39. The average molecular weight is 280 g/mol. The Morgan fingerprint density at radius 1 is 1.05 bits per heavy atom. The second kappa shape index (κ2) is 5.61. The monoisotopic (exact) mass is 280 g/mol. The highest BCUT2D eigenvalue weighted by Crippen LogP contribution is 2.66. The summed E-state index contributed by atoms with van der Waals surface area (Å²) in [6.45, 7) is 9.56. The normalized spacial score (nSPS) is 40.4. The molecule has 2 heteroatoms. The van der Waals surface area contributed by atoms with Crippen LogP contribution in [0.5, 0.6) is 0 Å². The van der Waals surface area contributed by atoms with Gasteiger partial charge in [0.1, 0.15) is 0 Å². The van der Waals surface area contributed by atoms with Gasteiger partial charge in [0.05, 0.1) is 25.3 Å². The molecule has 3 aliphatic carbocycles. The number of rotatable bonds is 5. The molecule has 3 saturated carbocycles. The molecule has 0 amide bonds. The van der Waals surface area contributed by atoms with Gasteiger partial charge in [-0.05, 0) is 61.7 Å². The van der Waals surface area contributed by atoms with E-state index in [4.69, 9.17) is 4.74 Å². The first-order valence-electron chi connectivity index (χ1n) is 8.99. The molecule has 116 valence electrons. The van der Waals surface area contributed by atoms with Crippen LogP contribution in [-0.4, -0.2) is 25.3 Å². The van der Waals surface area contributed by atoms with Crippen LogP contribution in [0.1, 0.15) is 72.1 Å². The largest absolute Gasteiger partial charge is 0.372 e. The van der Waals surface area contributed by atoms with Crippen molar-refractivity contribution in [1.29, 1.82) is 0 Å². The Kier molecular flexibility index (Phi) is 4.16. The number of fused-ring (bicyclic) bond motifs is 2. The van der Waals surface area contributed by atoms with Crippen molar-refractivity contribution in [3.8, 4) is 0 Å². The van der Waals surface area contributed by atoms with E-state index >= 15 is 0 Å². The van der Waals surface area contributed by atoms with Gasteiger partial charge >= 0.3 is 0 Å². The van der Waals surface area contributed by atoms with Gasteiger partial charge in [-0.15, -0.1) is 0 Å². The molecule has 0 heterocycles. The fourth-order valence-corrected chi connectivity index (χ4v) is 5.27. The van der Waals surface area contributed by atoms with Crippen LogP contribution in [0.2, 0.25) is 0 Å². The van der Waals surface area contributed by atoms with Crippen molar-refractivity contribution in [1.82, 2.24) is 0 Å². The summed E-state index contributed by atoms with van der Waals surface area (Å²) in [6.07, 6.45) is 11.8. The van der Waals surface area contributed by atoms with Crippen LogP contribution in [0.15, 0.2) is 0 Å². The van der Waals surface area contributed by atoms with E-state index in [1.807, 2.05) is 0 Å². The maximum atomic E-state index is 6.34. The van der Waals surface area contributed by atoms with Crippen molar-refractivity contribution >= 4 is 0 Å². The number of quaternary nitrogens is 1. The molecule has 0 spiro atoms. The average Bonchev–Trinajstić information content (AvgIpc) is 2.78. The minimum atomic E-state index is 0.433. The molecule has 0 aromatic heterocycles. The van der Waals surface area contributed by atoms with E-state index in [9.17, 15) is 0 Å². The Bertz CT molecular complexity index is 334. The molecule has 0 aromatic carbocycles. The fraction of sp³-hybridized carbons (Fsp3) is 1.00. The van der Waals surface area contributed by atoms with Crippen LogP contribution in [0.3, 0.4) is 0 Å². The first-order valence-corrected chi connectivity index (χ1v) is 8.99. The summed E-state index contributed by atoms with van der Waals surface area (Å²) < 4.78 is 6.34. The molecule has 0 radical (unpaired) electrons. The third-order valence-electron chi connectivity index (χ3n) is 7.30. The third kappa shape index (κ3) is 2.43. The number of nitrogens with two attached hydrogens (primary N) is 1. The summed E-state index contributed by atoms with van der Waals surface area (Å²) in [6, 6.07) is 0.888. The second-order valence-corrected chi connectivity index (χ2v) is 8.39. The highest BCUT2D eigenvalue weighted by atomic mass is 16.5. The minimum Gasteiger partial charge on any atom is -0.372 e. The standard InChI is InChI=1S/C18H33NO/c1-17(2)14-9-10-18(17,3)16(13-14)20-12-11-19-15-7-5-4-6-8-15/h14-16,19H,4-13H2,1-3H3/p+1/t14-,16+,18-/m1/s1. The molecule has 2 bridgehead atoms. The van der Waals surface area contributed by atoms with E-state index in [1.165, 1.54) is 57.9 Å². The summed E-state index contributed by atoms with van der Waals surface area (Å²) >= 11 is 0. The lowest BCUT2D eigenvalue weighted by Gasteiger charge is -2.38. The number of ether oxygens (including phenoxy) is 1. The molecule has 3 fully saturated rings. The zero-order chi connectivity index (χ0) is 14.2. The number of hydrogen-bond donors (Lipinski definition) is 1. The van der Waals surface area contributed by atoms with Gasteiger partial charge in [0, 0.05) is 0 Å². The van der Waals surface area contributed by atoms with Crippen LogP contribution in [0.25, 0.3) is 0 Å². The minimum absolute atomic E-state index is 0.433. The van der Waals surface area contributed by atoms with Crippen molar-refractivity contribution < 1.29 is 10.1 Å². The first kappa shape index (κ1) is 14.8. The van der Waals surface area contributed by atoms with Crippen molar-refractivity contribution in [2.45, 2.75) is 84.3 Å². The van der Waals surface area contributed by atoms with E-state index in [1.54, 1.807) is 0 Å². The molecule has 2 N–H and O–H groups in total. The summed E-state index contributed by atoms with van der Waals surface area (Å²) in [5, 5.41) is 2.56. The lowest BCUT2D eigenvalue weighted by Crippen LogP contribution is -2.91. The van der Waals surface area contributed by atoms with E-state index in [-0.39, 0.29) is 0 Å². The Balaban J connectivity index is 1.41. The Hall–Kier alpha value is -0.0800. The summed E-state index contributed by atoms with van der Waals surface area (Å²) in [5.41, 5.74) is 0.924. The Morgan fingerprint density at radius 2 is 1.80 bits per heavy atom. The molecule has 3 aliphatic rings. The Labute approximate surface area is 125 Å². The lowest BCUT2D eigenvalue weighted by atomic mass is 9.70. The highest BCUT2D eigenvalue weighted by Gasteiger charge is 2.61. The first-order chi connectivity index (χ1) is 9.54. The molecule has 0 saturated heterocycles. The zero-order valence-electron chi connectivity index (χ0n) is 13.8. The molecule has 0 aromatic rings. The van der Waals surface area contributed by atoms with Crippen molar-refractivity contribution in [2.24, 2.45) is 16.7 Å². The SMILES string of the molecule is CC1(C)[C@@H]2CC[C@]1(C)[C@@H](OCC[NH2+]C1CCCCC1)C2. The molecular formula is C18H34NO+. The molecule has 0 aliphatic heterocycles. The van der Waals surface area contributed by atoms with Crippen LogP contribution < -0.4 is 5.32 Å². The third-order valence-corrected chi connectivity index (χ3v) is 7.30. The van der Waals surface area contributed by atoms with E-state index in [0.29, 0.717) is 16.9 Å². The van der Waals surface area contributed by atoms with Gasteiger partial charge in [-0.3, -0.25) is 0 Å². The summed E-state index contributed by atoms with van der Waals surface area (Å²) in [7, 11) is 0. The fourth-order valence-electron chi connectivity index (χ4n) is 5.27. The van der Waals surface area contributed by atoms with Gasteiger partial charge in [0.2, 0.25) is 0 Å². The van der Waals surface area contributed by atoms with Crippen LogP contribution in [-0.2, 0) is 4.74 Å². The van der Waals surface area contributed by atoms with Crippen LogP contribution in [0.4, 0.5) is 0 Å².